The molecule has 0 radical (unpaired) electrons. The molecule has 0 spiro atoms. The standard InChI is InChI=1S/C23H30FN3O3/c1-4-26(16-18-5-10-21(29-2)22(15-18)30-3)23(28)17-25-11-13-27(14-12-25)20-8-6-19(24)7-9-20/h5-10,15H,4,11-14,16-17H2,1-3H3. The molecule has 1 aliphatic heterocycles. The van der Waals surface area contributed by atoms with Crippen molar-refractivity contribution in [1.82, 2.24) is 9.80 Å². The Labute approximate surface area is 177 Å². The van der Waals surface area contributed by atoms with E-state index in [9.17, 15) is 9.18 Å². The number of hydrogen-bond donors (Lipinski definition) is 0. The molecular formula is C23H30FN3O3. The third-order valence-electron chi connectivity index (χ3n) is 5.48. The van der Waals surface area contributed by atoms with E-state index in [0.29, 0.717) is 31.1 Å². The number of carbonyl (C=O) groups is 1. The summed E-state index contributed by atoms with van der Waals surface area (Å²) in [5.41, 5.74) is 2.02. The smallest absolute Gasteiger partial charge is 0.237 e. The fourth-order valence-corrected chi connectivity index (χ4v) is 3.68. The first kappa shape index (κ1) is 21.9. The largest absolute Gasteiger partial charge is 0.493 e. The quantitative estimate of drug-likeness (QED) is 0.663. The third kappa shape index (κ3) is 5.42. The molecule has 1 amide bonds. The number of ether oxygens (including phenoxy) is 2. The van der Waals surface area contributed by atoms with Crippen LogP contribution < -0.4 is 14.4 Å². The van der Waals surface area contributed by atoms with Gasteiger partial charge in [-0.2, -0.15) is 0 Å². The first-order valence-electron chi connectivity index (χ1n) is 10.3. The van der Waals surface area contributed by atoms with E-state index in [2.05, 4.69) is 9.80 Å². The van der Waals surface area contributed by atoms with E-state index in [4.69, 9.17) is 9.47 Å². The lowest BCUT2D eigenvalue weighted by Crippen LogP contribution is -2.50. The van der Waals surface area contributed by atoms with Gasteiger partial charge in [0.05, 0.1) is 20.8 Å². The SMILES string of the molecule is CCN(Cc1ccc(OC)c(OC)c1)C(=O)CN1CCN(c2ccc(F)cc2)CC1. The van der Waals surface area contributed by atoms with Gasteiger partial charge in [-0.1, -0.05) is 6.07 Å². The number of benzene rings is 2. The van der Waals surface area contributed by atoms with Crippen molar-refractivity contribution in [2.24, 2.45) is 0 Å². The van der Waals surface area contributed by atoms with E-state index >= 15 is 0 Å². The molecule has 0 bridgehead atoms. The Balaban J connectivity index is 1.54. The molecule has 0 unspecified atom stereocenters. The zero-order valence-electron chi connectivity index (χ0n) is 17.9. The molecule has 0 aromatic heterocycles. The second-order valence-corrected chi connectivity index (χ2v) is 7.34. The van der Waals surface area contributed by atoms with Crippen LogP contribution >= 0.6 is 0 Å². The number of carbonyl (C=O) groups excluding carboxylic acids is 1. The highest BCUT2D eigenvalue weighted by Crippen LogP contribution is 2.28. The zero-order chi connectivity index (χ0) is 21.5. The molecule has 3 rings (SSSR count). The molecular weight excluding hydrogens is 385 g/mol. The number of halogens is 1. The lowest BCUT2D eigenvalue weighted by molar-refractivity contribution is -0.132. The summed E-state index contributed by atoms with van der Waals surface area (Å²) in [5.74, 6) is 1.23. The molecule has 1 aliphatic rings. The van der Waals surface area contributed by atoms with Crippen LogP contribution in [-0.4, -0.2) is 69.2 Å². The molecule has 0 N–H and O–H groups in total. The van der Waals surface area contributed by atoms with Gasteiger partial charge in [0.25, 0.3) is 0 Å². The maximum atomic E-state index is 13.1. The second-order valence-electron chi connectivity index (χ2n) is 7.34. The molecule has 1 saturated heterocycles. The summed E-state index contributed by atoms with van der Waals surface area (Å²) in [4.78, 5) is 19.1. The van der Waals surface area contributed by atoms with E-state index in [0.717, 1.165) is 37.4 Å². The maximum Gasteiger partial charge on any atom is 0.237 e. The minimum atomic E-state index is -0.225. The van der Waals surface area contributed by atoms with Crippen LogP contribution in [0.25, 0.3) is 0 Å². The molecule has 30 heavy (non-hydrogen) atoms. The minimum Gasteiger partial charge on any atom is -0.493 e. The molecule has 7 heteroatoms. The van der Waals surface area contributed by atoms with Gasteiger partial charge in [0.2, 0.25) is 5.91 Å². The Morgan fingerprint density at radius 3 is 2.27 bits per heavy atom. The Morgan fingerprint density at radius 2 is 1.67 bits per heavy atom. The molecule has 0 aliphatic carbocycles. The predicted octanol–water partition coefficient (Wildman–Crippen LogP) is 3.01. The zero-order valence-corrected chi connectivity index (χ0v) is 17.9. The number of anilines is 1. The third-order valence-corrected chi connectivity index (χ3v) is 5.48. The molecule has 0 saturated carbocycles. The maximum absolute atomic E-state index is 13.1. The van der Waals surface area contributed by atoms with Crippen LogP contribution in [0.15, 0.2) is 42.5 Å². The fraction of sp³-hybridized carbons (Fsp3) is 0.435. The molecule has 6 nitrogen and oxygen atoms in total. The van der Waals surface area contributed by atoms with Crippen LogP contribution in [0.3, 0.4) is 0 Å². The topological polar surface area (TPSA) is 45.3 Å². The number of amides is 1. The number of nitrogens with zero attached hydrogens (tertiary/aromatic N) is 3. The number of rotatable bonds is 8. The van der Waals surface area contributed by atoms with E-state index in [1.165, 1.54) is 12.1 Å². The van der Waals surface area contributed by atoms with Crippen molar-refractivity contribution < 1.29 is 18.7 Å². The average molecular weight is 416 g/mol. The normalized spacial score (nSPS) is 14.5. The van der Waals surface area contributed by atoms with Crippen molar-refractivity contribution in [3.8, 4) is 11.5 Å². The van der Waals surface area contributed by atoms with Gasteiger partial charge in [-0.3, -0.25) is 9.69 Å². The molecule has 2 aromatic carbocycles. The van der Waals surface area contributed by atoms with Crippen LogP contribution in [0, 0.1) is 5.82 Å². The van der Waals surface area contributed by atoms with E-state index in [1.54, 1.807) is 26.4 Å². The van der Waals surface area contributed by atoms with Crippen LogP contribution in [0.2, 0.25) is 0 Å². The summed E-state index contributed by atoms with van der Waals surface area (Å²) in [5, 5.41) is 0. The van der Waals surface area contributed by atoms with E-state index < -0.39 is 0 Å². The summed E-state index contributed by atoms with van der Waals surface area (Å²) < 4.78 is 23.8. The molecule has 2 aromatic rings. The van der Waals surface area contributed by atoms with Crippen molar-refractivity contribution in [1.29, 1.82) is 0 Å². The van der Waals surface area contributed by atoms with Gasteiger partial charge >= 0.3 is 0 Å². The highest BCUT2D eigenvalue weighted by atomic mass is 19.1. The summed E-state index contributed by atoms with van der Waals surface area (Å²) in [7, 11) is 3.21. The lowest BCUT2D eigenvalue weighted by atomic mass is 10.2. The molecule has 1 heterocycles. The van der Waals surface area contributed by atoms with Crippen molar-refractivity contribution in [2.45, 2.75) is 13.5 Å². The van der Waals surface area contributed by atoms with Gasteiger partial charge in [-0.25, -0.2) is 4.39 Å². The van der Waals surface area contributed by atoms with Gasteiger partial charge < -0.3 is 19.3 Å². The van der Waals surface area contributed by atoms with E-state index in [-0.39, 0.29) is 11.7 Å². The average Bonchev–Trinajstić information content (AvgIpc) is 2.78. The van der Waals surface area contributed by atoms with Crippen LogP contribution in [-0.2, 0) is 11.3 Å². The highest BCUT2D eigenvalue weighted by molar-refractivity contribution is 5.78. The summed E-state index contributed by atoms with van der Waals surface area (Å²) in [6.07, 6.45) is 0. The van der Waals surface area contributed by atoms with Crippen molar-refractivity contribution in [3.63, 3.8) is 0 Å². The molecule has 162 valence electrons. The van der Waals surface area contributed by atoms with Crippen LogP contribution in [0.1, 0.15) is 12.5 Å². The molecule has 0 atom stereocenters. The van der Waals surface area contributed by atoms with Gasteiger partial charge in [0.1, 0.15) is 5.82 Å². The Kier molecular flexibility index (Phi) is 7.52. The minimum absolute atomic E-state index is 0.113. The fourth-order valence-electron chi connectivity index (χ4n) is 3.68. The van der Waals surface area contributed by atoms with Gasteiger partial charge in [-0.05, 0) is 48.9 Å². The van der Waals surface area contributed by atoms with Crippen LogP contribution in [0.4, 0.5) is 10.1 Å². The number of hydrogen-bond acceptors (Lipinski definition) is 5. The monoisotopic (exact) mass is 415 g/mol. The number of methoxy groups -OCH3 is 2. The van der Waals surface area contributed by atoms with Crippen molar-refractivity contribution in [3.05, 3.63) is 53.8 Å². The highest BCUT2D eigenvalue weighted by Gasteiger charge is 2.22. The summed E-state index contributed by atoms with van der Waals surface area (Å²) in [6.45, 7) is 6.81. The number of likely N-dealkylation sites (N-methyl/N-ethyl adjacent to an activating group) is 1. The molecule has 1 fully saturated rings. The van der Waals surface area contributed by atoms with Crippen molar-refractivity contribution in [2.75, 3.05) is 58.4 Å². The second kappa shape index (κ2) is 10.3. The summed E-state index contributed by atoms with van der Waals surface area (Å²) in [6, 6.07) is 12.3. The van der Waals surface area contributed by atoms with E-state index in [1.807, 2.05) is 30.0 Å². The first-order valence-corrected chi connectivity index (χ1v) is 10.3. The van der Waals surface area contributed by atoms with Crippen LogP contribution in [0.5, 0.6) is 11.5 Å². The van der Waals surface area contributed by atoms with Gasteiger partial charge in [0.15, 0.2) is 11.5 Å². The Hall–Kier alpha value is -2.80. The van der Waals surface area contributed by atoms with Gasteiger partial charge in [0, 0.05) is 45.0 Å². The predicted molar refractivity (Wildman–Crippen MR) is 116 cm³/mol. The van der Waals surface area contributed by atoms with Gasteiger partial charge in [-0.15, -0.1) is 0 Å². The Bertz CT molecular complexity index is 836. The first-order chi connectivity index (χ1) is 14.5. The lowest BCUT2D eigenvalue weighted by Gasteiger charge is -2.36. The Morgan fingerprint density at radius 1 is 1.00 bits per heavy atom. The number of piperazine rings is 1. The van der Waals surface area contributed by atoms with Crippen molar-refractivity contribution >= 4 is 11.6 Å². The summed E-state index contributed by atoms with van der Waals surface area (Å²) >= 11 is 0.